The fourth-order valence-electron chi connectivity index (χ4n) is 0.703. The smallest absolute Gasteiger partial charge is 0.246 e. The molecule has 0 bridgehead atoms. The van der Waals surface area contributed by atoms with Crippen molar-refractivity contribution in [2.75, 3.05) is 19.0 Å². The first-order valence-corrected chi connectivity index (χ1v) is 4.87. The van der Waals surface area contributed by atoms with Crippen molar-refractivity contribution in [2.45, 2.75) is 13.3 Å². The molecule has 0 aliphatic rings. The van der Waals surface area contributed by atoms with Crippen molar-refractivity contribution < 1.29 is 9.59 Å². The summed E-state index contributed by atoms with van der Waals surface area (Å²) in [6, 6.07) is 0. The van der Waals surface area contributed by atoms with E-state index >= 15 is 0 Å². The molecule has 2 N–H and O–H groups in total. The van der Waals surface area contributed by atoms with Gasteiger partial charge in [0.2, 0.25) is 11.8 Å². The molecule has 0 rings (SSSR count). The van der Waals surface area contributed by atoms with E-state index in [0.29, 0.717) is 31.0 Å². The molecule has 5 heteroatoms. The van der Waals surface area contributed by atoms with Crippen LogP contribution in [0.5, 0.6) is 0 Å². The van der Waals surface area contributed by atoms with Gasteiger partial charge in [-0.15, -0.1) is 11.6 Å². The minimum absolute atomic E-state index is 0.107. The summed E-state index contributed by atoms with van der Waals surface area (Å²) in [7, 11) is 0. The lowest BCUT2D eigenvalue weighted by molar-refractivity contribution is -0.121. The minimum atomic E-state index is -0.198. The Morgan fingerprint density at radius 3 is 2.36 bits per heavy atom. The second kappa shape index (κ2) is 7.38. The zero-order chi connectivity index (χ0) is 11.0. The molecule has 0 atom stereocenters. The second-order valence-electron chi connectivity index (χ2n) is 2.83. The van der Waals surface area contributed by atoms with Gasteiger partial charge < -0.3 is 10.6 Å². The van der Waals surface area contributed by atoms with E-state index in [1.807, 2.05) is 0 Å². The van der Waals surface area contributed by atoms with Crippen molar-refractivity contribution in [3.63, 3.8) is 0 Å². The van der Waals surface area contributed by atoms with Gasteiger partial charge in [0.25, 0.3) is 0 Å². The lowest BCUT2D eigenvalue weighted by Crippen LogP contribution is -2.34. The molecule has 0 aromatic heterocycles. The summed E-state index contributed by atoms with van der Waals surface area (Å²) in [6.45, 7) is 5.92. The van der Waals surface area contributed by atoms with Gasteiger partial charge in [-0.2, -0.15) is 0 Å². The van der Waals surface area contributed by atoms with Gasteiger partial charge in [-0.25, -0.2) is 0 Å². The molecule has 0 aromatic carbocycles. The maximum absolute atomic E-state index is 11.0. The summed E-state index contributed by atoms with van der Waals surface area (Å²) in [5.41, 5.74) is 0.456. The zero-order valence-electron chi connectivity index (χ0n) is 8.23. The molecule has 14 heavy (non-hydrogen) atoms. The highest BCUT2D eigenvalue weighted by Crippen LogP contribution is 1.85. The number of alkyl halides is 1. The molecule has 0 aliphatic heterocycles. The molecule has 0 aromatic rings. The average molecular weight is 219 g/mol. The summed E-state index contributed by atoms with van der Waals surface area (Å²) in [4.78, 5) is 21.9. The Balaban J connectivity index is 3.42. The molecular formula is C9H15ClN2O2. The Hall–Kier alpha value is -1.03. The standard InChI is InChI=1S/C9H15ClN2O2/c1-7(2)9(14)12-6-5-11-8(13)3-4-10/h1,3-6H2,2H3,(H,11,13)(H,12,14). The van der Waals surface area contributed by atoms with E-state index in [1.165, 1.54) is 0 Å². The van der Waals surface area contributed by atoms with E-state index in [0.717, 1.165) is 0 Å². The Morgan fingerprint density at radius 1 is 1.29 bits per heavy atom. The molecule has 4 nitrogen and oxygen atoms in total. The van der Waals surface area contributed by atoms with E-state index < -0.39 is 0 Å². The Morgan fingerprint density at radius 2 is 1.86 bits per heavy atom. The summed E-state index contributed by atoms with van der Waals surface area (Å²) in [5, 5.41) is 5.20. The van der Waals surface area contributed by atoms with Gasteiger partial charge in [-0.05, 0) is 6.92 Å². The fourth-order valence-corrected chi connectivity index (χ4v) is 0.875. The summed E-state index contributed by atoms with van der Waals surface area (Å²) < 4.78 is 0. The summed E-state index contributed by atoms with van der Waals surface area (Å²) in [6.07, 6.45) is 0.302. The topological polar surface area (TPSA) is 58.2 Å². The highest BCUT2D eigenvalue weighted by Gasteiger charge is 2.01. The molecule has 0 saturated heterocycles. The van der Waals surface area contributed by atoms with E-state index in [1.54, 1.807) is 6.92 Å². The van der Waals surface area contributed by atoms with E-state index in [4.69, 9.17) is 11.6 Å². The first kappa shape index (κ1) is 13.0. The van der Waals surface area contributed by atoms with Gasteiger partial charge in [-0.1, -0.05) is 6.58 Å². The number of hydrogen-bond donors (Lipinski definition) is 2. The molecule has 2 amide bonds. The maximum Gasteiger partial charge on any atom is 0.246 e. The number of hydrogen-bond acceptors (Lipinski definition) is 2. The number of carbonyl (C=O) groups excluding carboxylic acids is 2. The number of amides is 2. The van der Waals surface area contributed by atoms with Gasteiger partial charge in [0, 0.05) is 31.0 Å². The second-order valence-corrected chi connectivity index (χ2v) is 3.20. The van der Waals surface area contributed by atoms with Crippen LogP contribution in [0.25, 0.3) is 0 Å². The maximum atomic E-state index is 11.0. The SMILES string of the molecule is C=C(C)C(=O)NCCNC(=O)CCCl. The molecular weight excluding hydrogens is 204 g/mol. The Kier molecular flexibility index (Phi) is 6.84. The van der Waals surface area contributed by atoms with Gasteiger partial charge >= 0.3 is 0 Å². The lowest BCUT2D eigenvalue weighted by Gasteiger charge is -2.05. The monoisotopic (exact) mass is 218 g/mol. The van der Waals surface area contributed by atoms with Crippen molar-refractivity contribution in [1.82, 2.24) is 10.6 Å². The van der Waals surface area contributed by atoms with Crippen LogP contribution in [-0.2, 0) is 9.59 Å². The molecule has 0 spiro atoms. The van der Waals surface area contributed by atoms with Crippen LogP contribution >= 0.6 is 11.6 Å². The van der Waals surface area contributed by atoms with Gasteiger partial charge in [0.1, 0.15) is 0 Å². The van der Waals surface area contributed by atoms with Crippen LogP contribution < -0.4 is 10.6 Å². The zero-order valence-corrected chi connectivity index (χ0v) is 8.99. The summed E-state index contributed by atoms with van der Waals surface area (Å²) in [5.74, 6) is 0.00501. The first-order chi connectivity index (χ1) is 6.57. The van der Waals surface area contributed by atoms with E-state index in [2.05, 4.69) is 17.2 Å². The van der Waals surface area contributed by atoms with Crippen LogP contribution in [0.2, 0.25) is 0 Å². The fraction of sp³-hybridized carbons (Fsp3) is 0.556. The minimum Gasteiger partial charge on any atom is -0.354 e. The first-order valence-electron chi connectivity index (χ1n) is 4.34. The predicted molar refractivity (Wildman–Crippen MR) is 56.2 cm³/mol. The van der Waals surface area contributed by atoms with Crippen molar-refractivity contribution in [3.8, 4) is 0 Å². The summed E-state index contributed by atoms with van der Waals surface area (Å²) >= 11 is 5.36. The Labute approximate surface area is 88.7 Å². The van der Waals surface area contributed by atoms with Gasteiger partial charge in [0.15, 0.2) is 0 Å². The Bertz CT molecular complexity index is 229. The van der Waals surface area contributed by atoms with Crippen molar-refractivity contribution >= 4 is 23.4 Å². The van der Waals surface area contributed by atoms with Crippen molar-refractivity contribution in [1.29, 1.82) is 0 Å². The van der Waals surface area contributed by atoms with Crippen LogP contribution in [0.4, 0.5) is 0 Å². The van der Waals surface area contributed by atoms with Gasteiger partial charge in [0.05, 0.1) is 0 Å². The molecule has 0 fully saturated rings. The largest absolute Gasteiger partial charge is 0.354 e. The number of carbonyl (C=O) groups is 2. The van der Waals surface area contributed by atoms with Gasteiger partial charge in [-0.3, -0.25) is 9.59 Å². The predicted octanol–water partition coefficient (Wildman–Crippen LogP) is 0.424. The van der Waals surface area contributed by atoms with Crippen molar-refractivity contribution in [3.05, 3.63) is 12.2 Å². The molecule has 0 aliphatic carbocycles. The van der Waals surface area contributed by atoms with Crippen LogP contribution in [0.1, 0.15) is 13.3 Å². The van der Waals surface area contributed by atoms with Crippen LogP contribution in [0, 0.1) is 0 Å². The molecule has 0 heterocycles. The van der Waals surface area contributed by atoms with E-state index in [-0.39, 0.29) is 11.8 Å². The number of nitrogens with one attached hydrogen (secondary N) is 2. The molecule has 0 saturated carbocycles. The van der Waals surface area contributed by atoms with Crippen LogP contribution in [0.15, 0.2) is 12.2 Å². The molecule has 80 valence electrons. The third-order valence-corrected chi connectivity index (χ3v) is 1.63. The molecule has 0 unspecified atom stereocenters. The third kappa shape index (κ3) is 6.48. The quantitative estimate of drug-likeness (QED) is 0.386. The average Bonchev–Trinajstić information content (AvgIpc) is 2.12. The third-order valence-electron chi connectivity index (χ3n) is 1.44. The normalized spacial score (nSPS) is 9.29. The van der Waals surface area contributed by atoms with E-state index in [9.17, 15) is 9.59 Å². The van der Waals surface area contributed by atoms with Crippen LogP contribution in [0.3, 0.4) is 0 Å². The highest BCUT2D eigenvalue weighted by molar-refractivity contribution is 6.18. The van der Waals surface area contributed by atoms with Crippen LogP contribution in [-0.4, -0.2) is 30.8 Å². The van der Waals surface area contributed by atoms with Crippen molar-refractivity contribution in [2.24, 2.45) is 0 Å². The highest BCUT2D eigenvalue weighted by atomic mass is 35.5. The number of rotatable bonds is 6. The lowest BCUT2D eigenvalue weighted by atomic mass is 10.3. The number of halogens is 1. The molecule has 0 radical (unpaired) electrons.